The van der Waals surface area contributed by atoms with Crippen molar-refractivity contribution < 1.29 is 4.74 Å². The van der Waals surface area contributed by atoms with Crippen LogP contribution >= 0.6 is 0 Å². The Balaban J connectivity index is 1.08. The van der Waals surface area contributed by atoms with E-state index in [2.05, 4.69) is 233 Å². The summed E-state index contributed by atoms with van der Waals surface area (Å²) in [6.45, 7) is 14.6. The number of hydrogen-bond donors (Lipinski definition) is 0. The molecule has 0 saturated heterocycles. The molecule has 0 amide bonds. The van der Waals surface area contributed by atoms with Crippen LogP contribution in [0.5, 0.6) is 5.75 Å². The Morgan fingerprint density at radius 1 is 0.533 bits per heavy atom. The highest BCUT2D eigenvalue weighted by Gasteiger charge is 2.30. The standard InChI is InChI=1S/C56H53N3O/c1-55(2,3)37-51(56(4,5)6)40-27-25-39(26-28-40)38-60-46-35-33-45(34-36-46)59-53-50-24-16-14-22-48(50)47-21-13-15-23-49(47)52(53)57-54(59)41-29-31-44(32-30-41)58(42-17-9-7-10-18-42)43-19-11-8-12-20-43/h7-36,51H,37-38H2,1-6H3. The van der Waals surface area contributed by atoms with Crippen LogP contribution in [0.15, 0.2) is 182 Å². The lowest BCUT2D eigenvalue weighted by molar-refractivity contribution is 0.229. The van der Waals surface area contributed by atoms with Gasteiger partial charge in [0.05, 0.1) is 11.0 Å². The van der Waals surface area contributed by atoms with Crippen LogP contribution in [0.4, 0.5) is 17.1 Å². The molecule has 0 aliphatic rings. The van der Waals surface area contributed by atoms with Crippen molar-refractivity contribution in [1.82, 2.24) is 9.55 Å². The number of rotatable bonds is 10. The molecule has 0 aliphatic carbocycles. The summed E-state index contributed by atoms with van der Waals surface area (Å²) in [6, 6.07) is 64.7. The molecule has 0 fully saturated rings. The zero-order valence-corrected chi connectivity index (χ0v) is 35.6. The zero-order chi connectivity index (χ0) is 41.4. The normalized spacial score (nSPS) is 12.6. The summed E-state index contributed by atoms with van der Waals surface area (Å²) in [5.41, 5.74) is 10.4. The summed E-state index contributed by atoms with van der Waals surface area (Å²) in [5, 5.41) is 4.72. The average molecular weight is 784 g/mol. The first kappa shape index (κ1) is 38.8. The Morgan fingerprint density at radius 2 is 1.05 bits per heavy atom. The van der Waals surface area contributed by atoms with E-state index in [0.29, 0.717) is 12.5 Å². The molecule has 1 aromatic heterocycles. The summed E-state index contributed by atoms with van der Waals surface area (Å²) in [6.07, 6.45) is 1.14. The molecule has 1 atom stereocenters. The SMILES string of the molecule is CC(C)(C)CC(c1ccc(COc2ccc(-n3c(-c4ccc(N(c5ccccc5)c5ccccc5)cc4)nc4c5ccccc5c5ccccc5c43)cc2)cc1)C(C)(C)C. The van der Waals surface area contributed by atoms with Gasteiger partial charge in [0.1, 0.15) is 18.2 Å². The van der Waals surface area contributed by atoms with Crippen molar-refractivity contribution in [3.05, 3.63) is 193 Å². The van der Waals surface area contributed by atoms with Crippen LogP contribution in [0.3, 0.4) is 0 Å². The summed E-state index contributed by atoms with van der Waals surface area (Å²) >= 11 is 0. The minimum absolute atomic E-state index is 0.183. The lowest BCUT2D eigenvalue weighted by atomic mass is 9.69. The van der Waals surface area contributed by atoms with E-state index in [1.807, 2.05) is 0 Å². The summed E-state index contributed by atoms with van der Waals surface area (Å²) < 4.78 is 8.75. The van der Waals surface area contributed by atoms with E-state index in [4.69, 9.17) is 9.72 Å². The van der Waals surface area contributed by atoms with Crippen LogP contribution in [0.25, 0.3) is 49.7 Å². The van der Waals surface area contributed by atoms with Gasteiger partial charge in [-0.3, -0.25) is 4.57 Å². The Morgan fingerprint density at radius 3 is 1.62 bits per heavy atom. The summed E-state index contributed by atoms with van der Waals surface area (Å²) in [7, 11) is 0. The second-order valence-corrected chi connectivity index (χ2v) is 18.3. The van der Waals surface area contributed by atoms with E-state index in [-0.39, 0.29) is 10.8 Å². The largest absolute Gasteiger partial charge is 0.489 e. The maximum atomic E-state index is 6.42. The molecule has 298 valence electrons. The van der Waals surface area contributed by atoms with Crippen molar-refractivity contribution in [3.63, 3.8) is 0 Å². The van der Waals surface area contributed by atoms with Crippen molar-refractivity contribution in [2.45, 2.75) is 60.5 Å². The molecule has 4 heteroatoms. The van der Waals surface area contributed by atoms with Gasteiger partial charge in [0.2, 0.25) is 0 Å². The number of ether oxygens (including phenoxy) is 1. The highest BCUT2D eigenvalue weighted by Crippen LogP contribution is 2.44. The molecule has 0 spiro atoms. The van der Waals surface area contributed by atoms with Gasteiger partial charge in [0.25, 0.3) is 0 Å². The van der Waals surface area contributed by atoms with Gasteiger partial charge >= 0.3 is 0 Å². The van der Waals surface area contributed by atoms with Crippen molar-refractivity contribution in [2.24, 2.45) is 10.8 Å². The Hall–Kier alpha value is -6.65. The molecule has 60 heavy (non-hydrogen) atoms. The van der Waals surface area contributed by atoms with Gasteiger partial charge in [0, 0.05) is 39.1 Å². The van der Waals surface area contributed by atoms with Gasteiger partial charge in [-0.1, -0.05) is 151 Å². The van der Waals surface area contributed by atoms with E-state index in [0.717, 1.165) is 68.3 Å². The zero-order valence-electron chi connectivity index (χ0n) is 35.6. The second kappa shape index (κ2) is 15.8. The average Bonchev–Trinajstić information content (AvgIpc) is 3.67. The third-order valence-corrected chi connectivity index (χ3v) is 11.7. The highest BCUT2D eigenvalue weighted by atomic mass is 16.5. The molecule has 4 nitrogen and oxygen atoms in total. The minimum atomic E-state index is 0.183. The smallest absolute Gasteiger partial charge is 0.145 e. The Bertz CT molecular complexity index is 2840. The van der Waals surface area contributed by atoms with Gasteiger partial charge in [-0.2, -0.15) is 0 Å². The van der Waals surface area contributed by atoms with Crippen molar-refractivity contribution in [3.8, 4) is 22.8 Å². The molecule has 8 aromatic carbocycles. The molecular formula is C56H53N3O. The highest BCUT2D eigenvalue weighted by molar-refractivity contribution is 6.24. The first-order valence-corrected chi connectivity index (χ1v) is 21.2. The topological polar surface area (TPSA) is 30.3 Å². The number of benzene rings is 8. The summed E-state index contributed by atoms with van der Waals surface area (Å²) in [4.78, 5) is 7.79. The van der Waals surface area contributed by atoms with Gasteiger partial charge in [-0.25, -0.2) is 4.98 Å². The van der Waals surface area contributed by atoms with Gasteiger partial charge in [-0.15, -0.1) is 0 Å². The second-order valence-electron chi connectivity index (χ2n) is 18.3. The first-order chi connectivity index (χ1) is 29.0. The molecule has 1 unspecified atom stereocenters. The van der Waals surface area contributed by atoms with Crippen LogP contribution in [-0.2, 0) is 6.61 Å². The van der Waals surface area contributed by atoms with E-state index < -0.39 is 0 Å². The maximum absolute atomic E-state index is 6.42. The Kier molecular flexibility index (Phi) is 10.3. The molecular weight excluding hydrogens is 731 g/mol. The van der Waals surface area contributed by atoms with Crippen molar-refractivity contribution in [1.29, 1.82) is 0 Å². The number of fused-ring (bicyclic) bond motifs is 6. The number of aromatic nitrogens is 2. The number of imidazole rings is 1. The first-order valence-electron chi connectivity index (χ1n) is 21.2. The van der Waals surface area contributed by atoms with E-state index in [9.17, 15) is 0 Å². The maximum Gasteiger partial charge on any atom is 0.145 e. The molecule has 1 heterocycles. The minimum Gasteiger partial charge on any atom is -0.489 e. The molecule has 0 N–H and O–H groups in total. The van der Waals surface area contributed by atoms with Crippen LogP contribution in [0, 0.1) is 10.8 Å². The molecule has 9 rings (SSSR count). The fourth-order valence-electron chi connectivity index (χ4n) is 8.75. The fourth-order valence-corrected chi connectivity index (χ4v) is 8.75. The van der Waals surface area contributed by atoms with E-state index >= 15 is 0 Å². The van der Waals surface area contributed by atoms with Crippen LogP contribution in [0.1, 0.15) is 65.0 Å². The van der Waals surface area contributed by atoms with E-state index in [1.54, 1.807) is 0 Å². The van der Waals surface area contributed by atoms with Crippen molar-refractivity contribution in [2.75, 3.05) is 4.90 Å². The van der Waals surface area contributed by atoms with E-state index in [1.165, 1.54) is 21.7 Å². The molecule has 0 radical (unpaired) electrons. The van der Waals surface area contributed by atoms with Crippen LogP contribution in [-0.4, -0.2) is 9.55 Å². The number of para-hydroxylation sites is 2. The van der Waals surface area contributed by atoms with Crippen molar-refractivity contribution >= 4 is 49.6 Å². The number of anilines is 3. The number of nitrogens with zero attached hydrogens (tertiary/aromatic N) is 3. The molecule has 0 saturated carbocycles. The fraction of sp³-hybridized carbons (Fsp3) is 0.196. The quantitative estimate of drug-likeness (QED) is 0.129. The lowest BCUT2D eigenvalue weighted by Gasteiger charge is -2.36. The lowest BCUT2D eigenvalue weighted by Crippen LogP contribution is -2.23. The van der Waals surface area contributed by atoms with Gasteiger partial charge in [-0.05, 0) is 118 Å². The molecule has 9 aromatic rings. The van der Waals surface area contributed by atoms with Crippen LogP contribution < -0.4 is 9.64 Å². The van der Waals surface area contributed by atoms with Gasteiger partial charge < -0.3 is 9.64 Å². The third kappa shape index (κ3) is 7.78. The summed E-state index contributed by atoms with van der Waals surface area (Å²) in [5.74, 6) is 2.20. The third-order valence-electron chi connectivity index (χ3n) is 11.7. The predicted octanol–water partition coefficient (Wildman–Crippen LogP) is 15.6. The number of hydrogen-bond acceptors (Lipinski definition) is 3. The molecule has 0 bridgehead atoms. The van der Waals surface area contributed by atoms with Gasteiger partial charge in [0.15, 0.2) is 0 Å². The molecule has 0 aliphatic heterocycles. The Labute approximate surface area is 354 Å². The predicted molar refractivity (Wildman–Crippen MR) is 253 cm³/mol. The van der Waals surface area contributed by atoms with Crippen LogP contribution in [0.2, 0.25) is 0 Å². The monoisotopic (exact) mass is 783 g/mol.